The Morgan fingerprint density at radius 2 is 1.81 bits per heavy atom. The fourth-order valence-electron chi connectivity index (χ4n) is 2.24. The molecule has 0 aliphatic rings. The minimum atomic E-state index is -3.54. The van der Waals surface area contributed by atoms with Gasteiger partial charge in [-0.2, -0.15) is 8.78 Å². The van der Waals surface area contributed by atoms with Crippen molar-refractivity contribution < 1.29 is 22.0 Å². The third-order valence-corrected chi connectivity index (χ3v) is 6.28. The topological polar surface area (TPSA) is 79.4 Å². The molecule has 10 heteroatoms. The van der Waals surface area contributed by atoms with E-state index in [1.54, 1.807) is 19.1 Å². The van der Waals surface area contributed by atoms with E-state index >= 15 is 0 Å². The molecule has 1 amide bonds. The van der Waals surface area contributed by atoms with Crippen molar-refractivity contribution in [1.29, 1.82) is 0 Å². The van der Waals surface area contributed by atoms with Crippen molar-refractivity contribution in [3.8, 4) is 0 Å². The maximum Gasteiger partial charge on any atom is 0.290 e. The third-order valence-electron chi connectivity index (χ3n) is 3.72. The van der Waals surface area contributed by atoms with Crippen LogP contribution in [-0.2, 0) is 10.0 Å². The number of halogens is 2. The van der Waals surface area contributed by atoms with Gasteiger partial charge in [0.15, 0.2) is 0 Å². The SMILES string of the molecule is CC(NC(=O)c1cccnc1SC(F)F)c1ccc(S(=O)(=O)N(C)C)cc1. The summed E-state index contributed by atoms with van der Waals surface area (Å²) in [6, 6.07) is 8.56. The number of hydrogen-bond donors (Lipinski definition) is 1. The molecule has 0 saturated carbocycles. The lowest BCUT2D eigenvalue weighted by molar-refractivity contribution is 0.0936. The van der Waals surface area contributed by atoms with Crippen LogP contribution in [0.2, 0.25) is 0 Å². The zero-order valence-corrected chi connectivity index (χ0v) is 16.5. The largest absolute Gasteiger partial charge is 0.345 e. The standard InChI is InChI=1S/C17H19F2N3O3S2/c1-11(12-6-8-13(9-7-12)27(24,25)22(2)3)21-15(23)14-5-4-10-20-16(14)26-17(18)19/h4-11,17H,1-3H3,(H,21,23). The number of benzene rings is 1. The maximum atomic E-state index is 12.6. The van der Waals surface area contributed by atoms with Gasteiger partial charge in [0.05, 0.1) is 16.5 Å². The molecule has 0 bridgehead atoms. The van der Waals surface area contributed by atoms with Crippen molar-refractivity contribution in [2.24, 2.45) is 0 Å². The number of thioether (sulfide) groups is 1. The number of rotatable bonds is 7. The second kappa shape index (κ2) is 8.77. The molecule has 0 radical (unpaired) electrons. The first-order valence-corrected chi connectivity index (χ1v) is 10.2. The lowest BCUT2D eigenvalue weighted by Crippen LogP contribution is -2.27. The zero-order chi connectivity index (χ0) is 20.2. The molecule has 146 valence electrons. The molecule has 0 aliphatic heterocycles. The van der Waals surface area contributed by atoms with E-state index in [1.165, 1.54) is 44.6 Å². The van der Waals surface area contributed by atoms with Crippen LogP contribution in [0.25, 0.3) is 0 Å². The van der Waals surface area contributed by atoms with E-state index in [0.29, 0.717) is 5.56 Å². The van der Waals surface area contributed by atoms with Crippen molar-refractivity contribution in [1.82, 2.24) is 14.6 Å². The average molecular weight is 415 g/mol. The normalized spacial score (nSPS) is 13.0. The van der Waals surface area contributed by atoms with E-state index in [9.17, 15) is 22.0 Å². The summed E-state index contributed by atoms with van der Waals surface area (Å²) in [6.45, 7) is 1.71. The van der Waals surface area contributed by atoms with Gasteiger partial charge < -0.3 is 5.32 Å². The lowest BCUT2D eigenvalue weighted by Gasteiger charge is -2.17. The van der Waals surface area contributed by atoms with Crippen LogP contribution in [0.4, 0.5) is 8.78 Å². The predicted octanol–water partition coefficient (Wildman–Crippen LogP) is 3.14. The van der Waals surface area contributed by atoms with Gasteiger partial charge in [0.1, 0.15) is 5.03 Å². The number of hydrogen-bond acceptors (Lipinski definition) is 5. The number of carbonyl (C=O) groups excluding carboxylic acids is 1. The monoisotopic (exact) mass is 415 g/mol. The van der Waals surface area contributed by atoms with Crippen LogP contribution in [0.5, 0.6) is 0 Å². The number of aromatic nitrogens is 1. The van der Waals surface area contributed by atoms with Crippen molar-refractivity contribution in [3.05, 3.63) is 53.7 Å². The van der Waals surface area contributed by atoms with Gasteiger partial charge >= 0.3 is 0 Å². The van der Waals surface area contributed by atoms with Gasteiger partial charge in [0.25, 0.3) is 11.7 Å². The van der Waals surface area contributed by atoms with E-state index in [1.807, 2.05) is 0 Å². The molecule has 1 atom stereocenters. The average Bonchev–Trinajstić information content (AvgIpc) is 2.61. The molecule has 6 nitrogen and oxygen atoms in total. The molecule has 1 unspecified atom stereocenters. The van der Waals surface area contributed by atoms with E-state index in [2.05, 4.69) is 10.3 Å². The first-order valence-electron chi connectivity index (χ1n) is 7.86. The first kappa shape index (κ1) is 21.3. The summed E-state index contributed by atoms with van der Waals surface area (Å²) < 4.78 is 50.5. The van der Waals surface area contributed by atoms with E-state index < -0.39 is 27.7 Å². The molecule has 0 fully saturated rings. The van der Waals surface area contributed by atoms with Crippen LogP contribution in [0, 0.1) is 0 Å². The van der Waals surface area contributed by atoms with Crippen LogP contribution in [-0.4, -0.2) is 43.5 Å². The molecule has 1 N–H and O–H groups in total. The molecule has 1 aromatic carbocycles. The Kier molecular flexibility index (Phi) is 6.90. The number of carbonyl (C=O) groups is 1. The summed E-state index contributed by atoms with van der Waals surface area (Å²) in [4.78, 5) is 16.4. The highest BCUT2D eigenvalue weighted by molar-refractivity contribution is 7.99. The quantitative estimate of drug-likeness (QED) is 0.703. The highest BCUT2D eigenvalue weighted by Gasteiger charge is 2.20. The van der Waals surface area contributed by atoms with Gasteiger partial charge in [-0.15, -0.1) is 0 Å². The molecule has 0 aliphatic carbocycles. The van der Waals surface area contributed by atoms with E-state index in [0.717, 1.165) is 4.31 Å². The van der Waals surface area contributed by atoms with Crippen LogP contribution in [0.3, 0.4) is 0 Å². The van der Waals surface area contributed by atoms with Crippen molar-refractivity contribution in [3.63, 3.8) is 0 Å². The number of nitrogens with zero attached hydrogens (tertiary/aromatic N) is 2. The molecule has 1 aromatic heterocycles. The Labute approximate surface area is 161 Å². The number of amides is 1. The van der Waals surface area contributed by atoms with Crippen molar-refractivity contribution in [2.45, 2.75) is 28.6 Å². The fourth-order valence-corrected chi connectivity index (χ4v) is 3.72. The maximum absolute atomic E-state index is 12.6. The Morgan fingerprint density at radius 3 is 2.37 bits per heavy atom. The minimum absolute atomic E-state index is 0.0513. The summed E-state index contributed by atoms with van der Waals surface area (Å²) in [5.41, 5.74) is 0.731. The minimum Gasteiger partial charge on any atom is -0.345 e. The number of alkyl halides is 2. The van der Waals surface area contributed by atoms with Gasteiger partial charge in [-0.3, -0.25) is 4.79 Å². The summed E-state index contributed by atoms with van der Waals surface area (Å²) in [6.07, 6.45) is 1.34. The van der Waals surface area contributed by atoms with Gasteiger partial charge in [0, 0.05) is 20.3 Å². The molecule has 1 heterocycles. The van der Waals surface area contributed by atoms with Gasteiger partial charge in [-0.25, -0.2) is 17.7 Å². The van der Waals surface area contributed by atoms with Gasteiger partial charge in [-0.05, 0) is 48.5 Å². The lowest BCUT2D eigenvalue weighted by atomic mass is 10.1. The molecular formula is C17H19F2N3O3S2. The summed E-state index contributed by atoms with van der Waals surface area (Å²) >= 11 is 0.207. The number of nitrogens with one attached hydrogen (secondary N) is 1. The highest BCUT2D eigenvalue weighted by atomic mass is 32.2. The number of pyridine rings is 1. The number of sulfonamides is 1. The van der Waals surface area contributed by atoms with Gasteiger partial charge in [-0.1, -0.05) is 12.1 Å². The van der Waals surface area contributed by atoms with E-state index in [4.69, 9.17) is 0 Å². The van der Waals surface area contributed by atoms with E-state index in [-0.39, 0.29) is 27.2 Å². The van der Waals surface area contributed by atoms with Crippen molar-refractivity contribution in [2.75, 3.05) is 14.1 Å². The Hall–Kier alpha value is -2.04. The van der Waals surface area contributed by atoms with Crippen molar-refractivity contribution >= 4 is 27.7 Å². The summed E-state index contributed by atoms with van der Waals surface area (Å²) in [5.74, 6) is -3.22. The summed E-state index contributed by atoms with van der Waals surface area (Å²) in [7, 11) is -0.660. The molecular weight excluding hydrogens is 396 g/mol. The van der Waals surface area contributed by atoms with Crippen LogP contribution >= 0.6 is 11.8 Å². The second-order valence-corrected chi connectivity index (χ2v) is 8.92. The molecule has 2 aromatic rings. The molecule has 0 saturated heterocycles. The highest BCUT2D eigenvalue weighted by Crippen LogP contribution is 2.27. The Morgan fingerprint density at radius 1 is 1.19 bits per heavy atom. The third kappa shape index (κ3) is 5.24. The second-order valence-electron chi connectivity index (χ2n) is 5.79. The van der Waals surface area contributed by atoms with Gasteiger partial charge in [0.2, 0.25) is 10.0 Å². The van der Waals surface area contributed by atoms with Crippen LogP contribution < -0.4 is 5.32 Å². The smallest absolute Gasteiger partial charge is 0.290 e. The molecule has 0 spiro atoms. The Balaban J connectivity index is 2.16. The van der Waals surface area contributed by atoms with Crippen LogP contribution in [0.1, 0.15) is 28.9 Å². The molecule has 2 rings (SSSR count). The Bertz CT molecular complexity index is 904. The predicted molar refractivity (Wildman–Crippen MR) is 99.3 cm³/mol. The first-order chi connectivity index (χ1) is 12.6. The zero-order valence-electron chi connectivity index (χ0n) is 14.9. The van der Waals surface area contributed by atoms with Crippen LogP contribution in [0.15, 0.2) is 52.5 Å². The fraction of sp³-hybridized carbons (Fsp3) is 0.294. The summed E-state index contributed by atoms with van der Waals surface area (Å²) in [5, 5.41) is 2.66. The molecule has 27 heavy (non-hydrogen) atoms.